The standard InChI is InChI=1S/C20H22Cl2FN3OS/c1-12-9-13(23)10-20(12)5-7-26(8-6-20)18-19(27)25-16(11-24-18)28-15-4-2-3-14(21)17(15)22/h2-4,11-13H,5-10H2,1H3,(H,25,27)/t12-,13?/m1/s1. The number of halogens is 3. The monoisotopic (exact) mass is 441 g/mol. The Hall–Kier alpha value is -1.24. The van der Waals surface area contributed by atoms with Gasteiger partial charge in [0.25, 0.3) is 5.56 Å². The van der Waals surface area contributed by atoms with Crippen LogP contribution in [0, 0.1) is 11.3 Å². The highest BCUT2D eigenvalue weighted by Crippen LogP contribution is 2.51. The molecule has 1 spiro atoms. The number of nitrogens with zero attached hydrogens (tertiary/aromatic N) is 2. The lowest BCUT2D eigenvalue weighted by molar-refractivity contribution is 0.155. The van der Waals surface area contributed by atoms with Crippen LogP contribution in [0.4, 0.5) is 10.2 Å². The minimum atomic E-state index is -0.683. The number of benzene rings is 1. The fourth-order valence-corrected chi connectivity index (χ4v) is 5.86. The molecule has 0 radical (unpaired) electrons. The average Bonchev–Trinajstić information content (AvgIpc) is 2.93. The van der Waals surface area contributed by atoms with Crippen LogP contribution in [0.1, 0.15) is 32.6 Å². The van der Waals surface area contributed by atoms with E-state index in [1.54, 1.807) is 12.3 Å². The van der Waals surface area contributed by atoms with Crippen molar-refractivity contribution in [2.24, 2.45) is 11.3 Å². The van der Waals surface area contributed by atoms with Gasteiger partial charge >= 0.3 is 0 Å². The first kappa shape index (κ1) is 20.0. The zero-order chi connectivity index (χ0) is 19.9. The fraction of sp³-hybridized carbons (Fsp3) is 0.500. The van der Waals surface area contributed by atoms with E-state index >= 15 is 0 Å². The molecule has 1 aliphatic carbocycles. The number of anilines is 1. The molecular formula is C20H22Cl2FN3OS. The Morgan fingerprint density at radius 2 is 2.07 bits per heavy atom. The summed E-state index contributed by atoms with van der Waals surface area (Å²) in [5.74, 6) is 0.830. The summed E-state index contributed by atoms with van der Waals surface area (Å²) in [4.78, 5) is 22.7. The van der Waals surface area contributed by atoms with E-state index < -0.39 is 6.17 Å². The second-order valence-electron chi connectivity index (χ2n) is 7.84. The van der Waals surface area contributed by atoms with E-state index in [9.17, 15) is 9.18 Å². The summed E-state index contributed by atoms with van der Waals surface area (Å²) >= 11 is 13.6. The third kappa shape index (κ3) is 3.79. The Labute approximate surface area is 177 Å². The maximum absolute atomic E-state index is 13.9. The molecule has 8 heteroatoms. The molecule has 1 aliphatic heterocycles. The van der Waals surface area contributed by atoms with E-state index in [1.165, 1.54) is 11.8 Å². The summed E-state index contributed by atoms with van der Waals surface area (Å²) in [7, 11) is 0. The van der Waals surface area contributed by atoms with Crippen molar-refractivity contribution in [2.75, 3.05) is 18.0 Å². The number of hydrogen-bond acceptors (Lipinski definition) is 4. The smallest absolute Gasteiger partial charge is 0.291 e. The van der Waals surface area contributed by atoms with Gasteiger partial charge in [0, 0.05) is 18.0 Å². The molecule has 1 saturated carbocycles. The largest absolute Gasteiger partial charge is 0.352 e. The quantitative estimate of drug-likeness (QED) is 0.674. The van der Waals surface area contributed by atoms with Gasteiger partial charge in [-0.05, 0) is 49.1 Å². The number of aromatic nitrogens is 2. The maximum atomic E-state index is 13.9. The van der Waals surface area contributed by atoms with E-state index in [0.29, 0.717) is 39.6 Å². The fourth-order valence-electron chi connectivity index (χ4n) is 4.56. The molecule has 1 aromatic heterocycles. The van der Waals surface area contributed by atoms with Crippen molar-refractivity contribution in [3.05, 3.63) is 44.8 Å². The highest BCUT2D eigenvalue weighted by molar-refractivity contribution is 7.99. The van der Waals surface area contributed by atoms with E-state index in [0.717, 1.165) is 30.8 Å². The van der Waals surface area contributed by atoms with Gasteiger partial charge in [0.1, 0.15) is 6.17 Å². The van der Waals surface area contributed by atoms with Crippen molar-refractivity contribution in [1.29, 1.82) is 0 Å². The molecule has 2 aromatic rings. The van der Waals surface area contributed by atoms with E-state index in [4.69, 9.17) is 23.2 Å². The van der Waals surface area contributed by atoms with Gasteiger partial charge in [-0.2, -0.15) is 0 Å². The molecule has 150 valence electrons. The van der Waals surface area contributed by atoms with Crippen molar-refractivity contribution >= 4 is 40.8 Å². The molecule has 1 aromatic carbocycles. The molecule has 1 unspecified atom stereocenters. The van der Waals surface area contributed by atoms with Crippen molar-refractivity contribution in [2.45, 2.75) is 48.7 Å². The van der Waals surface area contributed by atoms with Gasteiger partial charge < -0.3 is 9.88 Å². The Morgan fingerprint density at radius 1 is 1.32 bits per heavy atom. The van der Waals surface area contributed by atoms with E-state index in [1.807, 2.05) is 17.0 Å². The Balaban J connectivity index is 1.47. The SMILES string of the molecule is C[C@@H]1CC(F)CC12CCN(c1ncc(Sc3cccc(Cl)c3Cl)[nH]c1=O)CC2. The first-order chi connectivity index (χ1) is 13.4. The average molecular weight is 442 g/mol. The second kappa shape index (κ2) is 7.88. The Kier molecular flexibility index (Phi) is 5.64. The lowest BCUT2D eigenvalue weighted by atomic mass is 9.71. The van der Waals surface area contributed by atoms with Crippen LogP contribution in [0.2, 0.25) is 10.0 Å². The predicted octanol–water partition coefficient (Wildman–Crippen LogP) is 5.58. The van der Waals surface area contributed by atoms with Crippen molar-refractivity contribution in [1.82, 2.24) is 9.97 Å². The van der Waals surface area contributed by atoms with Gasteiger partial charge in [-0.1, -0.05) is 48.0 Å². The van der Waals surface area contributed by atoms with E-state index in [-0.39, 0.29) is 11.0 Å². The third-order valence-corrected chi connectivity index (χ3v) is 8.14. The van der Waals surface area contributed by atoms with Crippen LogP contribution in [0.25, 0.3) is 0 Å². The molecule has 1 saturated heterocycles. The molecular weight excluding hydrogens is 420 g/mol. The second-order valence-corrected chi connectivity index (χ2v) is 9.71. The molecule has 4 nitrogen and oxygen atoms in total. The summed E-state index contributed by atoms with van der Waals surface area (Å²) in [6.07, 6.45) is 4.10. The van der Waals surface area contributed by atoms with Gasteiger partial charge in [0.05, 0.1) is 21.3 Å². The van der Waals surface area contributed by atoms with Gasteiger partial charge in [0.2, 0.25) is 0 Å². The highest BCUT2D eigenvalue weighted by Gasteiger charge is 2.46. The Morgan fingerprint density at radius 3 is 2.71 bits per heavy atom. The minimum Gasteiger partial charge on any atom is -0.352 e. The molecule has 2 atom stereocenters. The first-order valence-electron chi connectivity index (χ1n) is 9.48. The van der Waals surface area contributed by atoms with Gasteiger partial charge in [-0.25, -0.2) is 9.37 Å². The number of rotatable bonds is 3. The van der Waals surface area contributed by atoms with Gasteiger partial charge in [-0.15, -0.1) is 0 Å². The lowest BCUT2D eigenvalue weighted by Crippen LogP contribution is -2.43. The Bertz CT molecular complexity index is 930. The predicted molar refractivity (Wildman–Crippen MR) is 113 cm³/mol. The number of piperidine rings is 1. The molecule has 0 bridgehead atoms. The van der Waals surface area contributed by atoms with Crippen LogP contribution in [-0.2, 0) is 0 Å². The topological polar surface area (TPSA) is 49.0 Å². The summed E-state index contributed by atoms with van der Waals surface area (Å²) < 4.78 is 13.9. The van der Waals surface area contributed by atoms with Crippen molar-refractivity contribution in [3.8, 4) is 0 Å². The molecule has 2 heterocycles. The van der Waals surface area contributed by atoms with Crippen LogP contribution in [0.15, 0.2) is 39.1 Å². The van der Waals surface area contributed by atoms with Gasteiger partial charge in [-0.3, -0.25) is 4.79 Å². The molecule has 2 fully saturated rings. The summed E-state index contributed by atoms with van der Waals surface area (Å²) in [5, 5.41) is 1.53. The number of hydrogen-bond donors (Lipinski definition) is 1. The molecule has 4 rings (SSSR count). The van der Waals surface area contributed by atoms with Crippen LogP contribution >= 0.6 is 35.0 Å². The number of nitrogens with one attached hydrogen (secondary N) is 1. The van der Waals surface area contributed by atoms with Crippen LogP contribution < -0.4 is 10.5 Å². The summed E-state index contributed by atoms with van der Waals surface area (Å²) in [5.41, 5.74) is -0.135. The number of alkyl halides is 1. The van der Waals surface area contributed by atoms with Gasteiger partial charge in [0.15, 0.2) is 5.82 Å². The number of H-pyrrole nitrogens is 1. The zero-order valence-electron chi connectivity index (χ0n) is 15.6. The maximum Gasteiger partial charge on any atom is 0.291 e. The summed E-state index contributed by atoms with van der Waals surface area (Å²) in [6.45, 7) is 3.63. The van der Waals surface area contributed by atoms with Crippen LogP contribution in [-0.4, -0.2) is 29.2 Å². The third-order valence-electron chi connectivity index (χ3n) is 6.22. The van der Waals surface area contributed by atoms with Crippen LogP contribution in [0.3, 0.4) is 0 Å². The summed E-state index contributed by atoms with van der Waals surface area (Å²) in [6, 6.07) is 5.37. The van der Waals surface area contributed by atoms with Crippen molar-refractivity contribution < 1.29 is 4.39 Å². The normalized spacial score (nSPS) is 24.1. The molecule has 2 aliphatic rings. The minimum absolute atomic E-state index is 0.0851. The van der Waals surface area contributed by atoms with E-state index in [2.05, 4.69) is 16.9 Å². The zero-order valence-corrected chi connectivity index (χ0v) is 17.9. The van der Waals surface area contributed by atoms with Crippen LogP contribution in [0.5, 0.6) is 0 Å². The first-order valence-corrected chi connectivity index (χ1v) is 11.1. The molecule has 28 heavy (non-hydrogen) atoms. The molecule has 0 amide bonds. The van der Waals surface area contributed by atoms with Crippen molar-refractivity contribution in [3.63, 3.8) is 0 Å². The number of aromatic amines is 1. The highest BCUT2D eigenvalue weighted by atomic mass is 35.5. The lowest BCUT2D eigenvalue weighted by Gasteiger charge is -2.42. The molecule has 1 N–H and O–H groups in total.